The summed E-state index contributed by atoms with van der Waals surface area (Å²) in [5.74, 6) is -2.19. The molecule has 0 saturated carbocycles. The molecule has 0 unspecified atom stereocenters. The lowest BCUT2D eigenvalue weighted by atomic mass is 10.0. The van der Waals surface area contributed by atoms with Crippen LogP contribution in [0.3, 0.4) is 0 Å². The number of H-pyrrole nitrogens is 1. The maximum absolute atomic E-state index is 13.5. The highest BCUT2D eigenvalue weighted by Crippen LogP contribution is 2.33. The fraction of sp³-hybridized carbons (Fsp3) is 0.167. The van der Waals surface area contributed by atoms with E-state index in [-0.39, 0.29) is 53.5 Å². The largest absolute Gasteiger partial charge is 0.394 e. The van der Waals surface area contributed by atoms with Crippen LogP contribution in [0.4, 0.5) is 11.4 Å². The number of primary amides is 1. The summed E-state index contributed by atoms with van der Waals surface area (Å²) < 4.78 is 1.05. The van der Waals surface area contributed by atoms with E-state index in [1.165, 1.54) is 6.07 Å². The van der Waals surface area contributed by atoms with E-state index >= 15 is 0 Å². The first kappa shape index (κ1) is 29.8. The average molecular weight is 648 g/mol. The van der Waals surface area contributed by atoms with Crippen LogP contribution < -0.4 is 38.3 Å². The summed E-state index contributed by atoms with van der Waals surface area (Å²) in [5.41, 5.74) is 13.6. The van der Waals surface area contributed by atoms with E-state index in [9.17, 15) is 24.0 Å². The molecule has 8 N–H and O–H groups in total. The summed E-state index contributed by atoms with van der Waals surface area (Å²) in [5, 5.41) is 26.7. The second kappa shape index (κ2) is 11.8. The first-order valence-electron chi connectivity index (χ1n) is 14.6. The zero-order valence-electron chi connectivity index (χ0n) is 24.9. The number of fused-ring (bicyclic) bond motifs is 2. The minimum absolute atomic E-state index is 0.0718. The van der Waals surface area contributed by atoms with E-state index in [2.05, 4.69) is 51.6 Å². The van der Waals surface area contributed by atoms with Gasteiger partial charge in [0, 0.05) is 24.7 Å². The monoisotopic (exact) mass is 647 g/mol. The van der Waals surface area contributed by atoms with Gasteiger partial charge in [0.2, 0.25) is 11.6 Å². The Morgan fingerprint density at radius 3 is 2.54 bits per heavy atom. The number of nitrogen functional groups attached to an aromatic ring is 1. The summed E-state index contributed by atoms with van der Waals surface area (Å²) in [6, 6.07) is 13.8. The van der Waals surface area contributed by atoms with Crippen LogP contribution in [-0.4, -0.2) is 57.9 Å². The molecule has 3 aromatic carbocycles. The molecular formula is C30H25N13O5. The molecule has 6 aromatic rings. The van der Waals surface area contributed by atoms with Crippen LogP contribution >= 0.6 is 0 Å². The van der Waals surface area contributed by atoms with Crippen LogP contribution in [0.1, 0.15) is 66.3 Å². The third-order valence-electron chi connectivity index (χ3n) is 7.99. The SMILES string of the molecule is NC(=O)c1nc2nc(C(=O)N[C@H]3CCc4cc(-c5nn[nH]n5)ccc43)cc(C(=O)NCc3cccc(CNc4c(N)c(=O)c4=O)c3)n2n1. The van der Waals surface area contributed by atoms with E-state index in [0.717, 1.165) is 26.8 Å². The van der Waals surface area contributed by atoms with Crippen molar-refractivity contribution >= 4 is 34.9 Å². The van der Waals surface area contributed by atoms with E-state index in [1.54, 1.807) is 24.3 Å². The average Bonchev–Trinajstić information content (AvgIpc) is 3.87. The van der Waals surface area contributed by atoms with Gasteiger partial charge in [-0.15, -0.1) is 15.3 Å². The number of hydrogen-bond donors (Lipinski definition) is 6. The van der Waals surface area contributed by atoms with Gasteiger partial charge in [0.15, 0.2) is 0 Å². The second-order valence-corrected chi connectivity index (χ2v) is 11.1. The molecule has 0 spiro atoms. The van der Waals surface area contributed by atoms with Gasteiger partial charge in [-0.25, -0.2) is 4.98 Å². The number of nitrogens with one attached hydrogen (secondary N) is 4. The summed E-state index contributed by atoms with van der Waals surface area (Å²) in [7, 11) is 0. The number of rotatable bonds is 10. The molecule has 18 nitrogen and oxygen atoms in total. The summed E-state index contributed by atoms with van der Waals surface area (Å²) in [6.07, 6.45) is 1.34. The molecule has 7 rings (SSSR count). The second-order valence-electron chi connectivity index (χ2n) is 11.1. The Kier molecular flexibility index (Phi) is 7.35. The van der Waals surface area contributed by atoms with Gasteiger partial charge in [-0.2, -0.15) is 14.7 Å². The Hall–Kier alpha value is -6.85. The highest BCUT2D eigenvalue weighted by Gasteiger charge is 2.27. The number of hydrogen-bond acceptors (Lipinski definition) is 13. The van der Waals surface area contributed by atoms with Gasteiger partial charge >= 0.3 is 0 Å². The lowest BCUT2D eigenvalue weighted by Gasteiger charge is -2.15. The molecule has 48 heavy (non-hydrogen) atoms. The molecule has 3 aromatic heterocycles. The van der Waals surface area contributed by atoms with Crippen molar-refractivity contribution in [2.75, 3.05) is 11.1 Å². The minimum atomic E-state index is -0.934. The molecule has 1 aliphatic carbocycles. The maximum Gasteiger partial charge on any atom is 0.288 e. The predicted molar refractivity (Wildman–Crippen MR) is 168 cm³/mol. The van der Waals surface area contributed by atoms with Crippen LogP contribution in [0.15, 0.2) is 58.1 Å². The van der Waals surface area contributed by atoms with E-state index < -0.39 is 28.6 Å². The number of benzene rings is 2. The maximum atomic E-state index is 13.5. The lowest BCUT2D eigenvalue weighted by molar-refractivity contribution is 0.0930. The Balaban J connectivity index is 1.09. The van der Waals surface area contributed by atoms with Crippen LogP contribution in [0, 0.1) is 0 Å². The van der Waals surface area contributed by atoms with Crippen LogP contribution in [0.25, 0.3) is 17.2 Å². The number of aromatic nitrogens is 8. The third-order valence-corrected chi connectivity index (χ3v) is 7.99. The Bertz CT molecular complexity index is 2320. The van der Waals surface area contributed by atoms with Crippen LogP contribution in [0.5, 0.6) is 0 Å². The molecule has 0 radical (unpaired) electrons. The van der Waals surface area contributed by atoms with E-state index in [0.29, 0.717) is 24.2 Å². The third kappa shape index (κ3) is 5.46. The molecule has 1 aliphatic rings. The predicted octanol–water partition coefficient (Wildman–Crippen LogP) is -0.459. The lowest BCUT2D eigenvalue weighted by Crippen LogP contribution is -2.36. The van der Waals surface area contributed by atoms with Crippen molar-refractivity contribution in [1.82, 2.24) is 50.8 Å². The van der Waals surface area contributed by atoms with Gasteiger partial charge in [0.05, 0.1) is 6.04 Å². The molecule has 1 atom stereocenters. The number of tetrazole rings is 1. The summed E-state index contributed by atoms with van der Waals surface area (Å²) in [4.78, 5) is 70.1. The number of amides is 3. The van der Waals surface area contributed by atoms with Crippen molar-refractivity contribution in [3.05, 3.63) is 108 Å². The van der Waals surface area contributed by atoms with Crippen molar-refractivity contribution in [3.63, 3.8) is 0 Å². The van der Waals surface area contributed by atoms with Crippen molar-refractivity contribution in [3.8, 4) is 11.4 Å². The number of carbonyl (C=O) groups is 3. The standard InChI is InChI=1S/C30H25N13O5/c31-21-22(24(45)23(21)44)33-11-13-2-1-3-14(8-13)12-34-29(48)20-10-19(36-30-37-27(25(32)46)40-43(20)30)28(47)35-18-7-5-15-9-16(4-6-17(15)18)26-38-41-42-39-26/h1-4,6,8-10,18,33H,5,7,11-12,31H2,(H2,32,46)(H,34,48)(H,35,47)(H,38,39,41,42)/t18-/m0/s1. The van der Waals surface area contributed by atoms with Crippen molar-refractivity contribution in [2.45, 2.75) is 32.0 Å². The number of aromatic amines is 1. The Labute approximate surface area is 268 Å². The first-order chi connectivity index (χ1) is 23.2. The molecule has 0 aliphatic heterocycles. The quantitative estimate of drug-likeness (QED) is 0.103. The molecule has 0 bridgehead atoms. The van der Waals surface area contributed by atoms with Gasteiger partial charge < -0.3 is 27.4 Å². The van der Waals surface area contributed by atoms with Gasteiger partial charge in [0.1, 0.15) is 22.8 Å². The highest BCUT2D eigenvalue weighted by molar-refractivity contribution is 5.98. The number of carbonyl (C=O) groups excluding carboxylic acids is 3. The Morgan fingerprint density at radius 2 is 1.79 bits per heavy atom. The van der Waals surface area contributed by atoms with Crippen molar-refractivity contribution < 1.29 is 14.4 Å². The van der Waals surface area contributed by atoms with Crippen LogP contribution in [0.2, 0.25) is 0 Å². The normalized spacial score (nSPS) is 13.8. The zero-order valence-corrected chi connectivity index (χ0v) is 24.9. The molecule has 3 amide bonds. The zero-order chi connectivity index (χ0) is 33.5. The smallest absolute Gasteiger partial charge is 0.288 e. The number of anilines is 2. The highest BCUT2D eigenvalue weighted by atomic mass is 16.2. The molecule has 0 fully saturated rings. The summed E-state index contributed by atoms with van der Waals surface area (Å²) >= 11 is 0. The van der Waals surface area contributed by atoms with Crippen molar-refractivity contribution in [2.24, 2.45) is 5.73 Å². The molecule has 0 saturated heterocycles. The van der Waals surface area contributed by atoms with E-state index in [4.69, 9.17) is 11.5 Å². The summed E-state index contributed by atoms with van der Waals surface area (Å²) in [6.45, 7) is 0.295. The van der Waals surface area contributed by atoms with Gasteiger partial charge in [-0.1, -0.05) is 36.4 Å². The van der Waals surface area contributed by atoms with Crippen LogP contribution in [-0.2, 0) is 19.5 Å². The van der Waals surface area contributed by atoms with Gasteiger partial charge in [-0.05, 0) is 46.4 Å². The molecule has 240 valence electrons. The minimum Gasteiger partial charge on any atom is -0.394 e. The first-order valence-corrected chi connectivity index (χ1v) is 14.6. The molecule has 18 heteroatoms. The van der Waals surface area contributed by atoms with Gasteiger partial charge in [-0.3, -0.25) is 24.0 Å². The van der Waals surface area contributed by atoms with E-state index in [1.807, 2.05) is 18.2 Å². The fourth-order valence-electron chi connectivity index (χ4n) is 5.57. The molecular weight excluding hydrogens is 622 g/mol. The number of nitrogens with zero attached hydrogens (tertiary/aromatic N) is 7. The molecule has 3 heterocycles. The van der Waals surface area contributed by atoms with Crippen molar-refractivity contribution in [1.29, 1.82) is 0 Å². The number of aryl methyl sites for hydroxylation is 1. The fourth-order valence-corrected chi connectivity index (χ4v) is 5.57. The number of nitrogens with two attached hydrogens (primary N) is 2. The topological polar surface area (TPSA) is 271 Å². The Morgan fingerprint density at radius 1 is 0.979 bits per heavy atom. The van der Waals surface area contributed by atoms with Gasteiger partial charge in [0.25, 0.3) is 34.4 Å².